The summed E-state index contributed by atoms with van der Waals surface area (Å²) in [6, 6.07) is -0.652. The molecule has 0 aromatic heterocycles. The Hall–Kier alpha value is -1.85. The molecule has 0 saturated carbocycles. The largest absolute Gasteiger partial charge is 0.486 e. The van der Waals surface area contributed by atoms with E-state index in [0.717, 1.165) is 6.40 Å². The van der Waals surface area contributed by atoms with Crippen LogP contribution in [0.25, 0.3) is 0 Å². The molecule has 0 heterocycles. The third-order valence-corrected chi connectivity index (χ3v) is 1.05. The highest BCUT2D eigenvalue weighted by Gasteiger charge is 2.03. The van der Waals surface area contributed by atoms with Gasteiger partial charge < -0.3 is 14.8 Å². The van der Waals surface area contributed by atoms with Crippen LogP contribution >= 0.6 is 0 Å². The second-order valence-electron chi connectivity index (χ2n) is 2.31. The fraction of sp³-hybridized carbons (Fsp3) is 0.375. The Labute approximate surface area is 81.6 Å². The lowest BCUT2D eigenvalue weighted by Crippen LogP contribution is -2.25. The van der Waals surface area contributed by atoms with Crippen LogP contribution in [0, 0.1) is 0 Å². The summed E-state index contributed by atoms with van der Waals surface area (Å²) in [6.45, 7) is 4.63. The predicted molar refractivity (Wildman–Crippen MR) is 49.8 cm³/mol. The van der Waals surface area contributed by atoms with Gasteiger partial charge in [-0.15, -0.1) is 0 Å². The van der Waals surface area contributed by atoms with Gasteiger partial charge >= 0.3 is 12.0 Å². The molecule has 0 aliphatic heterocycles. The van der Waals surface area contributed by atoms with Crippen LogP contribution in [0.3, 0.4) is 0 Å². The minimum absolute atomic E-state index is 0.244. The van der Waals surface area contributed by atoms with Crippen LogP contribution in [0.4, 0.5) is 4.79 Å². The van der Waals surface area contributed by atoms with Gasteiger partial charge in [-0.05, 0) is 6.92 Å². The SMILES string of the molecule is C=C(C)C(=O)OCNC(=O)N=COC. The molecule has 0 spiro atoms. The van der Waals surface area contributed by atoms with E-state index in [1.807, 2.05) is 0 Å². The van der Waals surface area contributed by atoms with Crippen LogP contribution in [0.2, 0.25) is 0 Å². The summed E-state index contributed by atoms with van der Waals surface area (Å²) < 4.78 is 8.97. The van der Waals surface area contributed by atoms with E-state index < -0.39 is 12.0 Å². The number of hydrogen-bond donors (Lipinski definition) is 1. The van der Waals surface area contributed by atoms with Crippen molar-refractivity contribution in [2.24, 2.45) is 4.99 Å². The van der Waals surface area contributed by atoms with Gasteiger partial charge in [0.1, 0.15) is 0 Å². The standard InChI is InChI=1S/C8H12N2O4/c1-6(2)7(11)14-5-10-8(12)9-4-13-3/h4H,1,5H2,2-3H3,(H,10,12). The van der Waals surface area contributed by atoms with E-state index in [9.17, 15) is 9.59 Å². The van der Waals surface area contributed by atoms with E-state index in [0.29, 0.717) is 0 Å². The second-order valence-corrected chi connectivity index (χ2v) is 2.31. The lowest BCUT2D eigenvalue weighted by Gasteiger charge is -2.03. The zero-order chi connectivity index (χ0) is 11.0. The lowest BCUT2D eigenvalue weighted by molar-refractivity contribution is -0.139. The van der Waals surface area contributed by atoms with Crippen molar-refractivity contribution in [3.05, 3.63) is 12.2 Å². The number of ether oxygens (including phenoxy) is 2. The minimum atomic E-state index is -0.652. The molecule has 0 aromatic carbocycles. The van der Waals surface area contributed by atoms with Gasteiger partial charge in [0.15, 0.2) is 13.1 Å². The molecule has 6 nitrogen and oxygen atoms in total. The molecule has 0 atom stereocenters. The van der Waals surface area contributed by atoms with Crippen LogP contribution < -0.4 is 5.32 Å². The molecule has 0 rings (SSSR count). The first kappa shape index (κ1) is 12.2. The first-order valence-electron chi connectivity index (χ1n) is 3.73. The second kappa shape index (κ2) is 6.64. The Balaban J connectivity index is 3.64. The Morgan fingerprint density at radius 3 is 2.71 bits per heavy atom. The molecule has 14 heavy (non-hydrogen) atoms. The van der Waals surface area contributed by atoms with E-state index in [2.05, 4.69) is 26.4 Å². The third kappa shape index (κ3) is 5.76. The number of carbonyl (C=O) groups is 2. The van der Waals surface area contributed by atoms with Crippen molar-refractivity contribution in [2.45, 2.75) is 6.92 Å². The molecule has 78 valence electrons. The van der Waals surface area contributed by atoms with Crippen molar-refractivity contribution in [1.82, 2.24) is 5.32 Å². The fourth-order valence-corrected chi connectivity index (χ4v) is 0.433. The molecule has 0 aromatic rings. The Kier molecular flexibility index (Phi) is 5.77. The van der Waals surface area contributed by atoms with Crippen LogP contribution in [0.5, 0.6) is 0 Å². The van der Waals surface area contributed by atoms with E-state index >= 15 is 0 Å². The number of urea groups is 1. The molecular weight excluding hydrogens is 188 g/mol. The number of nitrogens with zero attached hydrogens (tertiary/aromatic N) is 1. The van der Waals surface area contributed by atoms with E-state index in [-0.39, 0.29) is 12.3 Å². The Morgan fingerprint density at radius 1 is 1.57 bits per heavy atom. The molecule has 0 radical (unpaired) electrons. The molecule has 0 unspecified atom stereocenters. The average molecular weight is 200 g/mol. The maximum atomic E-state index is 10.8. The Bertz CT molecular complexity index is 260. The number of aliphatic imine (C=N–C) groups is 1. The maximum Gasteiger partial charge on any atom is 0.346 e. The highest BCUT2D eigenvalue weighted by molar-refractivity contribution is 5.87. The zero-order valence-electron chi connectivity index (χ0n) is 8.07. The highest BCUT2D eigenvalue weighted by atomic mass is 16.5. The van der Waals surface area contributed by atoms with Crippen LogP contribution in [0.1, 0.15) is 6.92 Å². The van der Waals surface area contributed by atoms with E-state index in [4.69, 9.17) is 0 Å². The number of hydrogen-bond acceptors (Lipinski definition) is 4. The van der Waals surface area contributed by atoms with Gasteiger partial charge in [-0.2, -0.15) is 4.99 Å². The smallest absolute Gasteiger partial charge is 0.346 e. The van der Waals surface area contributed by atoms with Crippen LogP contribution in [0.15, 0.2) is 17.1 Å². The molecule has 0 aliphatic carbocycles. The lowest BCUT2D eigenvalue weighted by atomic mass is 10.4. The van der Waals surface area contributed by atoms with Gasteiger partial charge in [0.2, 0.25) is 0 Å². The monoisotopic (exact) mass is 200 g/mol. The maximum absolute atomic E-state index is 10.8. The summed E-state index contributed by atoms with van der Waals surface area (Å²) in [5.74, 6) is -0.568. The molecule has 0 aliphatic rings. The minimum Gasteiger partial charge on any atom is -0.486 e. The van der Waals surface area contributed by atoms with E-state index in [1.165, 1.54) is 14.0 Å². The topological polar surface area (TPSA) is 77.0 Å². The number of amides is 2. The molecular formula is C8H12N2O4. The Morgan fingerprint density at radius 2 is 2.21 bits per heavy atom. The number of nitrogens with one attached hydrogen (secondary N) is 1. The molecule has 1 N–H and O–H groups in total. The number of rotatable bonds is 4. The van der Waals surface area contributed by atoms with Crippen molar-refractivity contribution in [2.75, 3.05) is 13.8 Å². The summed E-state index contributed by atoms with van der Waals surface area (Å²) in [6.07, 6.45) is 0.968. The summed E-state index contributed by atoms with van der Waals surface area (Å²) >= 11 is 0. The number of methoxy groups -OCH3 is 1. The van der Waals surface area contributed by atoms with Crippen LogP contribution in [-0.4, -0.2) is 32.2 Å². The van der Waals surface area contributed by atoms with Gasteiger partial charge in [-0.3, -0.25) is 0 Å². The normalized spacial score (nSPS) is 9.57. The molecule has 0 saturated heterocycles. The van der Waals surface area contributed by atoms with Crippen molar-refractivity contribution >= 4 is 18.4 Å². The quantitative estimate of drug-likeness (QED) is 0.235. The van der Waals surface area contributed by atoms with Crippen molar-refractivity contribution in [3.8, 4) is 0 Å². The van der Waals surface area contributed by atoms with Crippen LogP contribution in [-0.2, 0) is 14.3 Å². The summed E-state index contributed by atoms with van der Waals surface area (Å²) in [5, 5.41) is 2.20. The summed E-state index contributed by atoms with van der Waals surface area (Å²) in [4.78, 5) is 24.8. The van der Waals surface area contributed by atoms with Gasteiger partial charge in [-0.1, -0.05) is 6.58 Å². The average Bonchev–Trinajstić information content (AvgIpc) is 2.14. The first-order valence-corrected chi connectivity index (χ1v) is 3.73. The predicted octanol–water partition coefficient (Wildman–Crippen LogP) is 0.448. The van der Waals surface area contributed by atoms with Crippen molar-refractivity contribution in [1.29, 1.82) is 0 Å². The van der Waals surface area contributed by atoms with Gasteiger partial charge in [0, 0.05) is 5.57 Å². The van der Waals surface area contributed by atoms with Gasteiger partial charge in [-0.25, -0.2) is 9.59 Å². The van der Waals surface area contributed by atoms with Crippen molar-refractivity contribution in [3.63, 3.8) is 0 Å². The first-order chi connectivity index (χ1) is 6.57. The third-order valence-electron chi connectivity index (χ3n) is 1.05. The zero-order valence-corrected chi connectivity index (χ0v) is 8.07. The summed E-state index contributed by atoms with van der Waals surface area (Å²) in [7, 11) is 1.36. The van der Waals surface area contributed by atoms with E-state index in [1.54, 1.807) is 0 Å². The number of carbonyl (C=O) groups excluding carboxylic acids is 2. The van der Waals surface area contributed by atoms with Crippen molar-refractivity contribution < 1.29 is 19.1 Å². The molecule has 6 heteroatoms. The van der Waals surface area contributed by atoms with Gasteiger partial charge in [0.25, 0.3) is 0 Å². The number of esters is 1. The molecule has 2 amide bonds. The molecule has 0 bridgehead atoms. The molecule has 0 fully saturated rings. The van der Waals surface area contributed by atoms with Gasteiger partial charge in [0.05, 0.1) is 7.11 Å². The fourth-order valence-electron chi connectivity index (χ4n) is 0.433. The highest BCUT2D eigenvalue weighted by Crippen LogP contribution is 1.89. The summed E-state index contributed by atoms with van der Waals surface area (Å²) in [5.41, 5.74) is 0.264.